The Hall–Kier alpha value is -1.04. The Morgan fingerprint density at radius 1 is 1.17 bits per heavy atom. The SMILES string of the molecule is FC1(F)CCC(c2nnc(CNC3CC3)o2)CC1. The van der Waals surface area contributed by atoms with Gasteiger partial charge in [0.1, 0.15) is 0 Å². The van der Waals surface area contributed by atoms with E-state index < -0.39 is 5.92 Å². The highest BCUT2D eigenvalue weighted by Crippen LogP contribution is 2.40. The van der Waals surface area contributed by atoms with Gasteiger partial charge >= 0.3 is 0 Å². The third-order valence-electron chi connectivity index (χ3n) is 3.67. The van der Waals surface area contributed by atoms with Crippen molar-refractivity contribution in [2.75, 3.05) is 0 Å². The second-order valence-electron chi connectivity index (χ2n) is 5.32. The Balaban J connectivity index is 1.55. The lowest BCUT2D eigenvalue weighted by Gasteiger charge is -2.25. The van der Waals surface area contributed by atoms with Crippen LogP contribution in [0.15, 0.2) is 4.42 Å². The van der Waals surface area contributed by atoms with Crippen LogP contribution in [0.5, 0.6) is 0 Å². The first-order valence-electron chi connectivity index (χ1n) is 6.56. The van der Waals surface area contributed by atoms with Crippen LogP contribution in [0.4, 0.5) is 8.78 Å². The van der Waals surface area contributed by atoms with E-state index in [0.717, 1.165) is 0 Å². The lowest BCUT2D eigenvalue weighted by atomic mass is 9.87. The summed E-state index contributed by atoms with van der Waals surface area (Å²) in [5, 5.41) is 11.2. The molecule has 6 heteroatoms. The van der Waals surface area contributed by atoms with Crippen molar-refractivity contribution in [3.8, 4) is 0 Å². The molecule has 3 rings (SSSR count). The number of hydrogen-bond acceptors (Lipinski definition) is 4. The monoisotopic (exact) mass is 257 g/mol. The van der Waals surface area contributed by atoms with E-state index >= 15 is 0 Å². The Labute approximate surface area is 104 Å². The summed E-state index contributed by atoms with van der Waals surface area (Å²) in [4.78, 5) is 0. The van der Waals surface area contributed by atoms with Crippen LogP contribution in [-0.2, 0) is 6.54 Å². The summed E-state index contributed by atoms with van der Waals surface area (Å²) in [6.07, 6.45) is 3.14. The summed E-state index contributed by atoms with van der Waals surface area (Å²) >= 11 is 0. The fourth-order valence-corrected chi connectivity index (χ4v) is 2.31. The molecule has 0 bridgehead atoms. The summed E-state index contributed by atoms with van der Waals surface area (Å²) in [6.45, 7) is 0.584. The molecule has 0 saturated heterocycles. The molecule has 4 nitrogen and oxygen atoms in total. The zero-order valence-electron chi connectivity index (χ0n) is 10.2. The highest BCUT2D eigenvalue weighted by atomic mass is 19.3. The molecule has 1 aromatic heterocycles. The van der Waals surface area contributed by atoms with Crippen molar-refractivity contribution in [2.45, 2.75) is 63.0 Å². The van der Waals surface area contributed by atoms with Crippen LogP contribution < -0.4 is 5.32 Å². The molecular weight excluding hydrogens is 240 g/mol. The maximum Gasteiger partial charge on any atom is 0.248 e. The molecule has 0 spiro atoms. The minimum Gasteiger partial charge on any atom is -0.424 e. The molecule has 0 unspecified atom stereocenters. The standard InChI is InChI=1S/C12H17F2N3O/c13-12(14)5-3-8(4-6-12)11-17-16-10(18-11)7-15-9-1-2-9/h8-9,15H,1-7H2. The molecule has 2 aliphatic carbocycles. The lowest BCUT2D eigenvalue weighted by Crippen LogP contribution is -2.23. The fourth-order valence-electron chi connectivity index (χ4n) is 2.31. The number of rotatable bonds is 4. The average Bonchev–Trinajstić information content (AvgIpc) is 3.05. The summed E-state index contributed by atoms with van der Waals surface area (Å²) in [7, 11) is 0. The van der Waals surface area contributed by atoms with Crippen molar-refractivity contribution < 1.29 is 13.2 Å². The minimum atomic E-state index is -2.51. The predicted octanol–water partition coefficient (Wildman–Crippen LogP) is 2.61. The van der Waals surface area contributed by atoms with Gasteiger partial charge in [0.2, 0.25) is 17.7 Å². The van der Waals surface area contributed by atoms with Crippen LogP contribution in [0.2, 0.25) is 0 Å². The van der Waals surface area contributed by atoms with Crippen molar-refractivity contribution in [3.63, 3.8) is 0 Å². The van der Waals surface area contributed by atoms with Gasteiger partial charge in [0.05, 0.1) is 6.54 Å². The van der Waals surface area contributed by atoms with E-state index in [-0.39, 0.29) is 18.8 Å². The summed E-state index contributed by atoms with van der Waals surface area (Å²) < 4.78 is 31.6. The number of aromatic nitrogens is 2. The van der Waals surface area contributed by atoms with Gasteiger partial charge in [-0.3, -0.25) is 0 Å². The molecule has 1 heterocycles. The van der Waals surface area contributed by atoms with Crippen molar-refractivity contribution in [1.82, 2.24) is 15.5 Å². The van der Waals surface area contributed by atoms with Gasteiger partial charge in [-0.2, -0.15) is 0 Å². The Morgan fingerprint density at radius 3 is 2.56 bits per heavy atom. The van der Waals surface area contributed by atoms with E-state index in [0.29, 0.717) is 37.2 Å². The summed E-state index contributed by atoms with van der Waals surface area (Å²) in [5.74, 6) is -1.41. The van der Waals surface area contributed by atoms with Crippen molar-refractivity contribution in [3.05, 3.63) is 11.8 Å². The zero-order chi connectivity index (χ0) is 12.6. The highest BCUT2D eigenvalue weighted by Gasteiger charge is 2.37. The molecule has 2 aliphatic rings. The molecule has 0 aliphatic heterocycles. The smallest absolute Gasteiger partial charge is 0.248 e. The topological polar surface area (TPSA) is 51.0 Å². The van der Waals surface area contributed by atoms with Gasteiger partial charge in [-0.25, -0.2) is 8.78 Å². The molecular formula is C12H17F2N3O. The van der Waals surface area contributed by atoms with Crippen LogP contribution in [0.3, 0.4) is 0 Å². The van der Waals surface area contributed by atoms with Gasteiger partial charge < -0.3 is 9.73 Å². The maximum absolute atomic E-state index is 13.0. The predicted molar refractivity (Wildman–Crippen MR) is 60.3 cm³/mol. The first-order chi connectivity index (χ1) is 8.62. The van der Waals surface area contributed by atoms with E-state index in [2.05, 4.69) is 15.5 Å². The minimum absolute atomic E-state index is 0.00630. The van der Waals surface area contributed by atoms with Crippen LogP contribution in [0.25, 0.3) is 0 Å². The summed E-state index contributed by atoms with van der Waals surface area (Å²) in [6, 6.07) is 0.591. The number of alkyl halides is 2. The van der Waals surface area contributed by atoms with Crippen molar-refractivity contribution >= 4 is 0 Å². The number of nitrogens with zero attached hydrogens (tertiary/aromatic N) is 2. The second kappa shape index (κ2) is 4.57. The first kappa shape index (κ1) is 12.0. The van der Waals surface area contributed by atoms with Crippen LogP contribution >= 0.6 is 0 Å². The molecule has 0 amide bonds. The third-order valence-corrected chi connectivity index (χ3v) is 3.67. The van der Waals surface area contributed by atoms with Gasteiger partial charge in [-0.05, 0) is 25.7 Å². The fraction of sp³-hybridized carbons (Fsp3) is 0.833. The van der Waals surface area contributed by atoms with Crippen LogP contribution in [-0.4, -0.2) is 22.2 Å². The molecule has 100 valence electrons. The van der Waals surface area contributed by atoms with Gasteiger partial charge in [0.25, 0.3) is 0 Å². The Kier molecular flexibility index (Phi) is 3.05. The number of nitrogens with one attached hydrogen (secondary N) is 1. The largest absolute Gasteiger partial charge is 0.424 e. The van der Waals surface area contributed by atoms with Crippen LogP contribution in [0.1, 0.15) is 56.2 Å². The lowest BCUT2D eigenvalue weighted by molar-refractivity contribution is -0.0399. The van der Waals surface area contributed by atoms with Crippen LogP contribution in [0, 0.1) is 0 Å². The van der Waals surface area contributed by atoms with E-state index in [4.69, 9.17) is 4.42 Å². The maximum atomic E-state index is 13.0. The quantitative estimate of drug-likeness (QED) is 0.900. The highest BCUT2D eigenvalue weighted by molar-refractivity contribution is 4.96. The molecule has 1 N–H and O–H groups in total. The molecule has 1 aromatic rings. The average molecular weight is 257 g/mol. The molecule has 0 aromatic carbocycles. The Morgan fingerprint density at radius 2 is 1.89 bits per heavy atom. The molecule has 18 heavy (non-hydrogen) atoms. The van der Waals surface area contributed by atoms with Crippen molar-refractivity contribution in [2.24, 2.45) is 0 Å². The number of hydrogen-bond donors (Lipinski definition) is 1. The molecule has 0 radical (unpaired) electrons. The van der Waals surface area contributed by atoms with Gasteiger partial charge in [0, 0.05) is 24.8 Å². The summed E-state index contributed by atoms with van der Waals surface area (Å²) in [5.41, 5.74) is 0. The first-order valence-corrected chi connectivity index (χ1v) is 6.56. The third kappa shape index (κ3) is 2.85. The van der Waals surface area contributed by atoms with E-state index in [1.54, 1.807) is 0 Å². The molecule has 0 atom stereocenters. The van der Waals surface area contributed by atoms with Crippen molar-refractivity contribution in [1.29, 1.82) is 0 Å². The van der Waals surface area contributed by atoms with E-state index in [9.17, 15) is 8.78 Å². The Bertz CT molecular complexity index is 407. The van der Waals surface area contributed by atoms with Gasteiger partial charge in [-0.15, -0.1) is 10.2 Å². The van der Waals surface area contributed by atoms with Gasteiger partial charge in [-0.1, -0.05) is 0 Å². The molecule has 2 fully saturated rings. The second-order valence-corrected chi connectivity index (χ2v) is 5.32. The number of halogens is 2. The zero-order valence-corrected chi connectivity index (χ0v) is 10.2. The van der Waals surface area contributed by atoms with E-state index in [1.807, 2.05) is 0 Å². The van der Waals surface area contributed by atoms with E-state index in [1.165, 1.54) is 12.8 Å². The van der Waals surface area contributed by atoms with Gasteiger partial charge in [0.15, 0.2) is 0 Å². The molecule has 2 saturated carbocycles. The normalized spacial score (nSPS) is 24.3.